The Morgan fingerprint density at radius 1 is 1.53 bits per heavy atom. The molecule has 2 rings (SSSR count). The third kappa shape index (κ3) is 3.56. The van der Waals surface area contributed by atoms with E-state index in [9.17, 15) is 4.79 Å². The fourth-order valence-corrected chi connectivity index (χ4v) is 1.99. The Kier molecular flexibility index (Phi) is 4.58. The number of aromatic nitrogens is 2. The van der Waals surface area contributed by atoms with Crippen molar-refractivity contribution >= 4 is 5.82 Å². The van der Waals surface area contributed by atoms with Crippen LogP contribution in [0.25, 0.3) is 0 Å². The number of anilines is 1. The van der Waals surface area contributed by atoms with Crippen molar-refractivity contribution in [3.63, 3.8) is 0 Å². The zero-order valence-electron chi connectivity index (χ0n) is 11.9. The third-order valence-corrected chi connectivity index (χ3v) is 3.44. The second-order valence-corrected chi connectivity index (χ2v) is 5.37. The quantitative estimate of drug-likeness (QED) is 0.820. The highest BCUT2D eigenvalue weighted by Crippen LogP contribution is 2.33. The minimum atomic E-state index is -0.0212. The Bertz CT molecular complexity index is 466. The topological polar surface area (TPSA) is 56.1 Å². The molecule has 0 bridgehead atoms. The summed E-state index contributed by atoms with van der Waals surface area (Å²) < 4.78 is 7.25. The van der Waals surface area contributed by atoms with E-state index in [-0.39, 0.29) is 11.6 Å². The molecule has 0 aromatic carbocycles. The summed E-state index contributed by atoms with van der Waals surface area (Å²) in [6, 6.07) is 0.482. The van der Waals surface area contributed by atoms with Crippen molar-refractivity contribution in [3.8, 4) is 0 Å². The molecule has 1 aliphatic rings. The number of nitrogens with one attached hydrogen (secondary N) is 1. The molecular formula is C14H23N3O2. The maximum Gasteiger partial charge on any atom is 0.293 e. The maximum absolute atomic E-state index is 12.3. The van der Waals surface area contributed by atoms with Gasteiger partial charge in [-0.2, -0.15) is 0 Å². The molecule has 1 heterocycles. The highest BCUT2D eigenvalue weighted by Gasteiger charge is 2.26. The van der Waals surface area contributed by atoms with Crippen molar-refractivity contribution in [2.24, 2.45) is 5.92 Å². The van der Waals surface area contributed by atoms with E-state index in [1.165, 1.54) is 0 Å². The van der Waals surface area contributed by atoms with E-state index >= 15 is 0 Å². The molecule has 1 N–H and O–H groups in total. The number of ether oxygens (including phenoxy) is 1. The number of rotatable bonds is 7. The summed E-state index contributed by atoms with van der Waals surface area (Å²) in [5.74, 6) is 0.815. The van der Waals surface area contributed by atoms with Crippen molar-refractivity contribution in [2.45, 2.75) is 45.7 Å². The smallest absolute Gasteiger partial charge is 0.293 e. The van der Waals surface area contributed by atoms with Crippen LogP contribution in [-0.4, -0.2) is 28.8 Å². The van der Waals surface area contributed by atoms with Crippen LogP contribution in [0.5, 0.6) is 0 Å². The van der Waals surface area contributed by atoms with E-state index in [0.29, 0.717) is 31.0 Å². The zero-order valence-corrected chi connectivity index (χ0v) is 11.9. The van der Waals surface area contributed by atoms with Crippen molar-refractivity contribution in [2.75, 3.05) is 18.5 Å². The minimum Gasteiger partial charge on any atom is -0.380 e. The molecule has 19 heavy (non-hydrogen) atoms. The van der Waals surface area contributed by atoms with Crippen molar-refractivity contribution in [3.05, 3.63) is 22.7 Å². The molecule has 1 aromatic rings. The lowest BCUT2D eigenvalue weighted by atomic mass is 10.1. The lowest BCUT2D eigenvalue weighted by molar-refractivity contribution is 0.126. The van der Waals surface area contributed by atoms with Crippen LogP contribution in [0, 0.1) is 5.92 Å². The van der Waals surface area contributed by atoms with Gasteiger partial charge in [0, 0.05) is 25.0 Å². The minimum absolute atomic E-state index is 0.0212. The van der Waals surface area contributed by atoms with E-state index in [2.05, 4.69) is 24.1 Å². The molecular weight excluding hydrogens is 242 g/mol. The molecule has 1 aliphatic carbocycles. The summed E-state index contributed by atoms with van der Waals surface area (Å²) in [6.45, 7) is 7.46. The molecule has 5 heteroatoms. The summed E-state index contributed by atoms with van der Waals surface area (Å²) >= 11 is 0. The Morgan fingerprint density at radius 3 is 2.84 bits per heavy atom. The first kappa shape index (κ1) is 14.1. The molecule has 1 unspecified atom stereocenters. The summed E-state index contributed by atoms with van der Waals surface area (Å²) in [5, 5.41) is 3.24. The SMILES string of the molecule is CCOCC(Nc1nccn(C2CC2)c1=O)C(C)C. The van der Waals surface area contributed by atoms with Crippen molar-refractivity contribution < 1.29 is 4.74 Å². The largest absolute Gasteiger partial charge is 0.380 e. The standard InChI is InChI=1S/C14H23N3O2/c1-4-19-9-12(10(2)3)16-13-14(18)17(8-7-15-13)11-5-6-11/h7-8,10-12H,4-6,9H2,1-3H3,(H,15,16). The average Bonchev–Trinajstić information content (AvgIpc) is 3.20. The Balaban J connectivity index is 2.12. The zero-order chi connectivity index (χ0) is 13.8. The van der Waals surface area contributed by atoms with Gasteiger partial charge in [0.2, 0.25) is 0 Å². The van der Waals surface area contributed by atoms with Gasteiger partial charge in [-0.15, -0.1) is 0 Å². The highest BCUT2D eigenvalue weighted by molar-refractivity contribution is 5.33. The summed E-state index contributed by atoms with van der Waals surface area (Å²) in [5.41, 5.74) is -0.0212. The molecule has 1 atom stereocenters. The Hall–Kier alpha value is -1.36. The fraction of sp³-hybridized carbons (Fsp3) is 0.714. The van der Waals surface area contributed by atoms with Crippen LogP contribution in [0.2, 0.25) is 0 Å². The first-order valence-corrected chi connectivity index (χ1v) is 7.05. The average molecular weight is 265 g/mol. The normalized spacial score (nSPS) is 16.6. The lowest BCUT2D eigenvalue weighted by Crippen LogP contribution is -2.35. The van der Waals surface area contributed by atoms with Crippen LogP contribution in [0.15, 0.2) is 17.2 Å². The molecule has 5 nitrogen and oxygen atoms in total. The van der Waals surface area contributed by atoms with Gasteiger partial charge in [0.1, 0.15) is 0 Å². The molecule has 0 amide bonds. The fourth-order valence-electron chi connectivity index (χ4n) is 1.99. The maximum atomic E-state index is 12.3. The van der Waals surface area contributed by atoms with Crippen LogP contribution in [0.3, 0.4) is 0 Å². The van der Waals surface area contributed by atoms with Gasteiger partial charge in [-0.3, -0.25) is 4.79 Å². The number of nitrogens with zero attached hydrogens (tertiary/aromatic N) is 2. The molecule has 0 saturated heterocycles. The van der Waals surface area contributed by atoms with Gasteiger partial charge in [0.15, 0.2) is 5.82 Å². The van der Waals surface area contributed by atoms with Crippen LogP contribution < -0.4 is 10.9 Å². The third-order valence-electron chi connectivity index (χ3n) is 3.44. The Labute approximate surface area is 114 Å². The van der Waals surface area contributed by atoms with E-state index in [4.69, 9.17) is 4.74 Å². The number of hydrogen-bond donors (Lipinski definition) is 1. The van der Waals surface area contributed by atoms with Crippen LogP contribution >= 0.6 is 0 Å². The first-order chi connectivity index (χ1) is 9.13. The molecule has 0 spiro atoms. The van der Waals surface area contributed by atoms with E-state index in [1.54, 1.807) is 17.0 Å². The Morgan fingerprint density at radius 2 is 2.26 bits per heavy atom. The van der Waals surface area contributed by atoms with Crippen LogP contribution in [0.4, 0.5) is 5.82 Å². The van der Waals surface area contributed by atoms with Gasteiger partial charge in [0.05, 0.1) is 12.6 Å². The summed E-state index contributed by atoms with van der Waals surface area (Å²) in [6.07, 6.45) is 5.66. The van der Waals surface area contributed by atoms with Gasteiger partial charge >= 0.3 is 0 Å². The molecule has 0 radical (unpaired) electrons. The molecule has 1 aromatic heterocycles. The van der Waals surface area contributed by atoms with Gasteiger partial charge in [-0.1, -0.05) is 13.8 Å². The van der Waals surface area contributed by atoms with Crippen LogP contribution in [-0.2, 0) is 4.74 Å². The molecule has 1 fully saturated rings. The van der Waals surface area contributed by atoms with Gasteiger partial charge in [-0.05, 0) is 25.7 Å². The summed E-state index contributed by atoms with van der Waals surface area (Å²) in [7, 11) is 0. The lowest BCUT2D eigenvalue weighted by Gasteiger charge is -2.22. The van der Waals surface area contributed by atoms with Crippen molar-refractivity contribution in [1.29, 1.82) is 0 Å². The van der Waals surface area contributed by atoms with Gasteiger partial charge in [-0.25, -0.2) is 4.98 Å². The number of hydrogen-bond acceptors (Lipinski definition) is 4. The van der Waals surface area contributed by atoms with Gasteiger partial charge < -0.3 is 14.6 Å². The molecule has 106 valence electrons. The molecule has 1 saturated carbocycles. The predicted octanol–water partition coefficient (Wildman–Crippen LogP) is 2.05. The van der Waals surface area contributed by atoms with Crippen molar-refractivity contribution in [1.82, 2.24) is 9.55 Å². The first-order valence-electron chi connectivity index (χ1n) is 7.05. The second-order valence-electron chi connectivity index (χ2n) is 5.37. The second kappa shape index (κ2) is 6.19. The van der Waals surface area contributed by atoms with E-state index < -0.39 is 0 Å². The van der Waals surface area contributed by atoms with Crippen LogP contribution in [0.1, 0.15) is 39.7 Å². The van der Waals surface area contributed by atoms with E-state index in [0.717, 1.165) is 12.8 Å². The monoisotopic (exact) mass is 265 g/mol. The highest BCUT2D eigenvalue weighted by atomic mass is 16.5. The molecule has 0 aliphatic heterocycles. The van der Waals surface area contributed by atoms with Gasteiger partial charge in [0.25, 0.3) is 5.56 Å². The summed E-state index contributed by atoms with van der Waals surface area (Å²) in [4.78, 5) is 16.5. The predicted molar refractivity (Wildman–Crippen MR) is 75.5 cm³/mol. The van der Waals surface area contributed by atoms with E-state index in [1.807, 2.05) is 6.92 Å².